The molecule has 0 aromatic heterocycles. The molecule has 0 aliphatic carbocycles. The van der Waals surface area contributed by atoms with Crippen LogP contribution in [0.3, 0.4) is 0 Å². The highest BCUT2D eigenvalue weighted by Crippen LogP contribution is 2.33. The molecule has 1 atom stereocenters. The fourth-order valence-electron chi connectivity index (χ4n) is 2.49. The van der Waals surface area contributed by atoms with E-state index in [2.05, 4.69) is 84.9 Å². The lowest BCUT2D eigenvalue weighted by molar-refractivity contribution is 0.461. The van der Waals surface area contributed by atoms with Gasteiger partial charge in [0.25, 0.3) is 0 Å². The number of allylic oxidation sites excluding steroid dienone is 1. The molecule has 0 saturated heterocycles. The monoisotopic (exact) mass is 328 g/mol. The van der Waals surface area contributed by atoms with E-state index in [-0.39, 0.29) is 5.41 Å². The van der Waals surface area contributed by atoms with E-state index < -0.39 is 0 Å². The largest absolute Gasteiger partial charge is 0.103 e. The van der Waals surface area contributed by atoms with Crippen molar-refractivity contribution >= 4 is 15.9 Å². The molecule has 20 heavy (non-hydrogen) atoms. The van der Waals surface area contributed by atoms with Crippen molar-refractivity contribution in [2.75, 3.05) is 0 Å². The Morgan fingerprint density at radius 1 is 1.00 bits per heavy atom. The normalized spacial score (nSPS) is 13.8. The van der Waals surface area contributed by atoms with Gasteiger partial charge in [0.15, 0.2) is 0 Å². The van der Waals surface area contributed by atoms with Crippen molar-refractivity contribution in [3.05, 3.63) is 71.2 Å². The van der Waals surface area contributed by atoms with Gasteiger partial charge < -0.3 is 0 Å². The van der Waals surface area contributed by atoms with Crippen LogP contribution in [0.15, 0.2) is 65.7 Å². The second-order valence-electron chi connectivity index (χ2n) is 5.49. The Labute approximate surface area is 130 Å². The van der Waals surface area contributed by atoms with E-state index in [0.29, 0.717) is 0 Å². The van der Waals surface area contributed by atoms with Crippen molar-refractivity contribution in [1.82, 2.24) is 0 Å². The molecule has 2 aromatic rings. The first-order valence-corrected chi connectivity index (χ1v) is 7.86. The minimum absolute atomic E-state index is 0.194. The summed E-state index contributed by atoms with van der Waals surface area (Å²) in [7, 11) is 0. The van der Waals surface area contributed by atoms with Gasteiger partial charge in [-0.2, -0.15) is 0 Å². The van der Waals surface area contributed by atoms with Gasteiger partial charge in [-0.05, 0) is 47.1 Å². The van der Waals surface area contributed by atoms with Crippen LogP contribution in [0.4, 0.5) is 0 Å². The Kier molecular flexibility index (Phi) is 4.82. The highest BCUT2D eigenvalue weighted by atomic mass is 79.9. The van der Waals surface area contributed by atoms with Crippen LogP contribution in [-0.2, 0) is 5.41 Å². The van der Waals surface area contributed by atoms with Crippen LogP contribution >= 0.6 is 15.9 Å². The Balaban J connectivity index is 2.30. The number of hydrogen-bond donors (Lipinski definition) is 0. The van der Waals surface area contributed by atoms with Gasteiger partial charge in [0.2, 0.25) is 0 Å². The Hall–Kier alpha value is -1.34. The van der Waals surface area contributed by atoms with Gasteiger partial charge in [0.05, 0.1) is 0 Å². The molecule has 0 aliphatic heterocycles. The summed E-state index contributed by atoms with van der Waals surface area (Å²) in [6, 6.07) is 17.4. The molecule has 2 aromatic carbocycles. The molecule has 104 valence electrons. The van der Waals surface area contributed by atoms with Crippen LogP contribution in [0.1, 0.15) is 32.3 Å². The minimum Gasteiger partial charge on any atom is -0.103 e. The maximum Gasteiger partial charge on any atom is 0.0175 e. The predicted octanol–water partition coefficient (Wildman–Crippen LogP) is 6.36. The summed E-state index contributed by atoms with van der Waals surface area (Å²) >= 11 is 3.47. The van der Waals surface area contributed by atoms with Crippen molar-refractivity contribution in [1.29, 1.82) is 0 Å². The van der Waals surface area contributed by atoms with Crippen molar-refractivity contribution in [2.24, 2.45) is 0 Å². The lowest BCUT2D eigenvalue weighted by atomic mass is 9.77. The standard InChI is InChI=1S/C19H21Br/c1-4-14-19(3,5-2)17-10-6-15(7-11-17)16-8-12-18(20)13-9-16/h4,6-13H,1,5,14H2,2-3H3. The topological polar surface area (TPSA) is 0 Å². The lowest BCUT2D eigenvalue weighted by Crippen LogP contribution is -2.19. The van der Waals surface area contributed by atoms with E-state index >= 15 is 0 Å². The molecule has 0 amide bonds. The van der Waals surface area contributed by atoms with Crippen molar-refractivity contribution in [3.8, 4) is 11.1 Å². The third kappa shape index (κ3) is 3.21. The molecule has 0 aliphatic rings. The highest BCUT2D eigenvalue weighted by Gasteiger charge is 2.22. The molecule has 0 saturated carbocycles. The molecule has 2 rings (SSSR count). The first kappa shape index (κ1) is 15.1. The van der Waals surface area contributed by atoms with Crippen molar-refractivity contribution in [2.45, 2.75) is 32.1 Å². The lowest BCUT2D eigenvalue weighted by Gasteiger charge is -2.27. The van der Waals surface area contributed by atoms with Gasteiger partial charge in [-0.15, -0.1) is 6.58 Å². The summed E-state index contributed by atoms with van der Waals surface area (Å²) < 4.78 is 1.11. The smallest absolute Gasteiger partial charge is 0.0175 e. The van der Waals surface area contributed by atoms with Gasteiger partial charge in [-0.3, -0.25) is 0 Å². The Bertz CT molecular complexity index is 566. The summed E-state index contributed by atoms with van der Waals surface area (Å²) in [5, 5.41) is 0. The fourth-order valence-corrected chi connectivity index (χ4v) is 2.76. The minimum atomic E-state index is 0.194. The molecule has 0 N–H and O–H groups in total. The van der Waals surface area contributed by atoms with E-state index in [1.165, 1.54) is 16.7 Å². The van der Waals surface area contributed by atoms with Gasteiger partial charge in [0, 0.05) is 4.47 Å². The Morgan fingerprint density at radius 3 is 1.95 bits per heavy atom. The van der Waals surface area contributed by atoms with E-state index in [1.807, 2.05) is 6.08 Å². The molecule has 0 bridgehead atoms. The van der Waals surface area contributed by atoms with E-state index in [4.69, 9.17) is 0 Å². The van der Waals surface area contributed by atoms with Gasteiger partial charge in [-0.25, -0.2) is 0 Å². The van der Waals surface area contributed by atoms with Crippen molar-refractivity contribution in [3.63, 3.8) is 0 Å². The number of benzene rings is 2. The Morgan fingerprint density at radius 2 is 1.50 bits per heavy atom. The molecule has 0 radical (unpaired) electrons. The van der Waals surface area contributed by atoms with E-state index in [1.54, 1.807) is 0 Å². The molecular formula is C19H21Br. The molecule has 1 unspecified atom stereocenters. The maximum absolute atomic E-state index is 3.89. The molecule has 0 spiro atoms. The predicted molar refractivity (Wildman–Crippen MR) is 92.0 cm³/mol. The molecule has 1 heteroatoms. The summed E-state index contributed by atoms with van der Waals surface area (Å²) in [5.41, 5.74) is 4.10. The average Bonchev–Trinajstić information content (AvgIpc) is 2.48. The molecule has 0 nitrogen and oxygen atoms in total. The second-order valence-corrected chi connectivity index (χ2v) is 6.41. The summed E-state index contributed by atoms with van der Waals surface area (Å²) in [4.78, 5) is 0. The van der Waals surface area contributed by atoms with Crippen LogP contribution in [0.2, 0.25) is 0 Å². The average molecular weight is 329 g/mol. The number of hydrogen-bond acceptors (Lipinski definition) is 0. The molecular weight excluding hydrogens is 308 g/mol. The SMILES string of the molecule is C=CCC(C)(CC)c1ccc(-c2ccc(Br)cc2)cc1. The molecule has 0 fully saturated rings. The zero-order valence-corrected chi connectivity index (χ0v) is 13.8. The third-order valence-corrected chi connectivity index (χ3v) is 4.66. The fraction of sp³-hybridized carbons (Fsp3) is 0.263. The van der Waals surface area contributed by atoms with Gasteiger partial charge >= 0.3 is 0 Å². The zero-order valence-electron chi connectivity index (χ0n) is 12.2. The van der Waals surface area contributed by atoms with Crippen LogP contribution in [0.5, 0.6) is 0 Å². The van der Waals surface area contributed by atoms with E-state index in [0.717, 1.165) is 17.3 Å². The van der Waals surface area contributed by atoms with Crippen LogP contribution < -0.4 is 0 Å². The summed E-state index contributed by atoms with van der Waals surface area (Å²) in [6.07, 6.45) is 4.16. The summed E-state index contributed by atoms with van der Waals surface area (Å²) in [5.74, 6) is 0. The van der Waals surface area contributed by atoms with Crippen LogP contribution in [0.25, 0.3) is 11.1 Å². The van der Waals surface area contributed by atoms with Crippen LogP contribution in [-0.4, -0.2) is 0 Å². The first-order chi connectivity index (χ1) is 9.59. The van der Waals surface area contributed by atoms with E-state index in [9.17, 15) is 0 Å². The quantitative estimate of drug-likeness (QED) is 0.560. The molecule has 0 heterocycles. The van der Waals surface area contributed by atoms with Gasteiger partial charge in [-0.1, -0.05) is 72.3 Å². The third-order valence-electron chi connectivity index (χ3n) is 4.13. The first-order valence-electron chi connectivity index (χ1n) is 7.06. The highest BCUT2D eigenvalue weighted by molar-refractivity contribution is 9.10. The van der Waals surface area contributed by atoms with Crippen molar-refractivity contribution < 1.29 is 0 Å². The number of rotatable bonds is 5. The number of halogens is 1. The maximum atomic E-state index is 3.89. The van der Waals surface area contributed by atoms with Crippen LogP contribution in [0, 0.1) is 0 Å². The second kappa shape index (κ2) is 6.41. The summed E-state index contributed by atoms with van der Waals surface area (Å²) in [6.45, 7) is 8.44. The van der Waals surface area contributed by atoms with Gasteiger partial charge in [0.1, 0.15) is 0 Å². The zero-order chi connectivity index (χ0) is 14.6.